The van der Waals surface area contributed by atoms with Crippen LogP contribution in [0.15, 0.2) is 0 Å². The molecular weight excluding hydrogens is 202 g/mol. The van der Waals surface area contributed by atoms with Gasteiger partial charge in [0.05, 0.1) is 0 Å². The Morgan fingerprint density at radius 2 is 2.31 bits per heavy atom. The Morgan fingerprint density at radius 3 is 2.94 bits per heavy atom. The fourth-order valence-corrected chi connectivity index (χ4v) is 2.29. The van der Waals surface area contributed by atoms with E-state index in [4.69, 9.17) is 0 Å². The highest BCUT2D eigenvalue weighted by Gasteiger charge is 2.22. The Balaban J connectivity index is 2.18. The third-order valence-electron chi connectivity index (χ3n) is 3.09. The van der Waals surface area contributed by atoms with E-state index in [1.165, 1.54) is 12.8 Å². The molecule has 5 nitrogen and oxygen atoms in total. The molecule has 0 radical (unpaired) electrons. The summed E-state index contributed by atoms with van der Waals surface area (Å²) in [6.07, 6.45) is 2.45. The van der Waals surface area contributed by atoms with Crippen molar-refractivity contribution in [2.45, 2.75) is 39.2 Å². The molecule has 1 aliphatic rings. The van der Waals surface area contributed by atoms with Crippen molar-refractivity contribution in [2.24, 2.45) is 0 Å². The van der Waals surface area contributed by atoms with Gasteiger partial charge in [-0.2, -0.15) is 0 Å². The minimum atomic E-state index is 0.522. The Hall–Kier alpha value is -1.10. The van der Waals surface area contributed by atoms with Crippen LogP contribution in [0.2, 0.25) is 0 Å². The molecule has 0 spiro atoms. The quantitative estimate of drug-likeness (QED) is 0.805. The molecule has 90 valence electrons. The number of piperidine rings is 1. The van der Waals surface area contributed by atoms with Crippen molar-refractivity contribution in [3.63, 3.8) is 0 Å². The molecule has 0 unspecified atom stereocenters. The average Bonchev–Trinajstić information content (AvgIpc) is 2.73. The lowest BCUT2D eigenvalue weighted by atomic mass is 9.99. The average molecular weight is 223 g/mol. The number of anilines is 1. The molecule has 0 saturated carbocycles. The van der Waals surface area contributed by atoms with E-state index in [2.05, 4.69) is 39.2 Å². The standard InChI is InChI=1S/C11H21N5/c1-3-13-11-15-14-10(16(11)4-2)9-6-5-7-12-8-9/h9,12H,3-8H2,1-2H3,(H,13,15)/t9-/m0/s1. The second-order valence-electron chi connectivity index (χ2n) is 4.20. The lowest BCUT2D eigenvalue weighted by Gasteiger charge is -2.22. The highest BCUT2D eigenvalue weighted by molar-refractivity contribution is 5.26. The lowest BCUT2D eigenvalue weighted by Crippen LogP contribution is -2.30. The van der Waals surface area contributed by atoms with Crippen LogP contribution in [0.1, 0.15) is 38.4 Å². The van der Waals surface area contributed by atoms with E-state index in [1.807, 2.05) is 0 Å². The van der Waals surface area contributed by atoms with E-state index >= 15 is 0 Å². The lowest BCUT2D eigenvalue weighted by molar-refractivity contribution is 0.434. The van der Waals surface area contributed by atoms with Gasteiger partial charge in [0.25, 0.3) is 0 Å². The molecule has 0 amide bonds. The summed E-state index contributed by atoms with van der Waals surface area (Å²) in [6.45, 7) is 8.21. The molecule has 2 N–H and O–H groups in total. The van der Waals surface area contributed by atoms with Crippen molar-refractivity contribution >= 4 is 5.95 Å². The summed E-state index contributed by atoms with van der Waals surface area (Å²) in [5, 5.41) is 15.2. The summed E-state index contributed by atoms with van der Waals surface area (Å²) in [5.41, 5.74) is 0. The zero-order valence-electron chi connectivity index (χ0n) is 10.2. The van der Waals surface area contributed by atoms with Crippen LogP contribution in [0.5, 0.6) is 0 Å². The highest BCUT2D eigenvalue weighted by atomic mass is 15.4. The molecule has 0 aromatic carbocycles. The van der Waals surface area contributed by atoms with Crippen LogP contribution in [-0.2, 0) is 6.54 Å². The van der Waals surface area contributed by atoms with Gasteiger partial charge in [0.15, 0.2) is 0 Å². The molecular formula is C11H21N5. The van der Waals surface area contributed by atoms with Crippen molar-refractivity contribution in [3.05, 3.63) is 5.82 Å². The molecule has 2 rings (SSSR count). The molecule has 1 aromatic rings. The van der Waals surface area contributed by atoms with Crippen LogP contribution in [0.25, 0.3) is 0 Å². The number of hydrogen-bond donors (Lipinski definition) is 2. The van der Waals surface area contributed by atoms with Gasteiger partial charge in [0, 0.05) is 25.6 Å². The van der Waals surface area contributed by atoms with Crippen LogP contribution < -0.4 is 10.6 Å². The van der Waals surface area contributed by atoms with Gasteiger partial charge in [0.1, 0.15) is 5.82 Å². The second kappa shape index (κ2) is 5.30. The summed E-state index contributed by atoms with van der Waals surface area (Å²) in [5.74, 6) is 2.56. The summed E-state index contributed by atoms with van der Waals surface area (Å²) in [4.78, 5) is 0. The molecule has 1 saturated heterocycles. The van der Waals surface area contributed by atoms with Gasteiger partial charge < -0.3 is 10.6 Å². The van der Waals surface area contributed by atoms with E-state index in [9.17, 15) is 0 Å². The first-order valence-electron chi connectivity index (χ1n) is 6.24. The van der Waals surface area contributed by atoms with E-state index in [0.717, 1.165) is 38.0 Å². The zero-order valence-corrected chi connectivity index (χ0v) is 10.2. The molecule has 1 aliphatic heterocycles. The van der Waals surface area contributed by atoms with Gasteiger partial charge in [0.2, 0.25) is 5.95 Å². The minimum absolute atomic E-state index is 0.522. The number of rotatable bonds is 4. The summed E-state index contributed by atoms with van der Waals surface area (Å²) in [7, 11) is 0. The van der Waals surface area contributed by atoms with Crippen molar-refractivity contribution in [1.82, 2.24) is 20.1 Å². The predicted octanol–water partition coefficient (Wildman–Crippen LogP) is 1.20. The van der Waals surface area contributed by atoms with E-state index in [-0.39, 0.29) is 0 Å². The van der Waals surface area contributed by atoms with Crippen LogP contribution >= 0.6 is 0 Å². The Bertz CT molecular complexity index is 327. The third-order valence-corrected chi connectivity index (χ3v) is 3.09. The molecule has 1 aromatic heterocycles. The third kappa shape index (κ3) is 2.19. The van der Waals surface area contributed by atoms with Gasteiger partial charge in [-0.3, -0.25) is 4.57 Å². The zero-order chi connectivity index (χ0) is 11.4. The van der Waals surface area contributed by atoms with Gasteiger partial charge in [-0.15, -0.1) is 10.2 Å². The maximum Gasteiger partial charge on any atom is 0.224 e. The summed E-state index contributed by atoms with van der Waals surface area (Å²) in [6, 6.07) is 0. The first-order valence-corrected chi connectivity index (χ1v) is 6.24. The molecule has 1 fully saturated rings. The van der Waals surface area contributed by atoms with Crippen LogP contribution in [0.4, 0.5) is 5.95 Å². The summed E-state index contributed by atoms with van der Waals surface area (Å²) < 4.78 is 2.20. The number of hydrogen-bond acceptors (Lipinski definition) is 4. The van der Waals surface area contributed by atoms with E-state index in [0.29, 0.717) is 5.92 Å². The van der Waals surface area contributed by atoms with Gasteiger partial charge >= 0.3 is 0 Å². The van der Waals surface area contributed by atoms with E-state index in [1.54, 1.807) is 0 Å². The number of nitrogens with zero attached hydrogens (tertiary/aromatic N) is 3. The topological polar surface area (TPSA) is 54.8 Å². The molecule has 5 heteroatoms. The number of nitrogens with one attached hydrogen (secondary N) is 2. The molecule has 0 aliphatic carbocycles. The molecule has 0 bridgehead atoms. The van der Waals surface area contributed by atoms with Crippen molar-refractivity contribution in [2.75, 3.05) is 25.0 Å². The fraction of sp³-hybridized carbons (Fsp3) is 0.818. The monoisotopic (exact) mass is 223 g/mol. The van der Waals surface area contributed by atoms with Crippen molar-refractivity contribution in [1.29, 1.82) is 0 Å². The SMILES string of the molecule is CCNc1nnc([C@H]2CCCNC2)n1CC. The molecule has 16 heavy (non-hydrogen) atoms. The Kier molecular flexibility index (Phi) is 3.77. The molecule has 1 atom stereocenters. The normalized spacial score (nSPS) is 21.0. The van der Waals surface area contributed by atoms with Crippen LogP contribution in [-0.4, -0.2) is 34.4 Å². The van der Waals surface area contributed by atoms with Crippen LogP contribution in [0, 0.1) is 0 Å². The minimum Gasteiger partial charge on any atom is -0.355 e. The maximum atomic E-state index is 4.34. The number of aromatic nitrogens is 3. The van der Waals surface area contributed by atoms with Gasteiger partial charge in [-0.25, -0.2) is 0 Å². The highest BCUT2D eigenvalue weighted by Crippen LogP contribution is 2.23. The second-order valence-corrected chi connectivity index (χ2v) is 4.20. The van der Waals surface area contributed by atoms with Crippen molar-refractivity contribution < 1.29 is 0 Å². The Morgan fingerprint density at radius 1 is 1.44 bits per heavy atom. The summed E-state index contributed by atoms with van der Waals surface area (Å²) >= 11 is 0. The van der Waals surface area contributed by atoms with Crippen molar-refractivity contribution in [3.8, 4) is 0 Å². The van der Waals surface area contributed by atoms with Gasteiger partial charge in [-0.05, 0) is 33.2 Å². The smallest absolute Gasteiger partial charge is 0.224 e. The largest absolute Gasteiger partial charge is 0.355 e. The fourth-order valence-electron chi connectivity index (χ4n) is 2.29. The first-order chi connectivity index (χ1) is 7.86. The molecule has 2 heterocycles. The maximum absolute atomic E-state index is 4.34. The van der Waals surface area contributed by atoms with Gasteiger partial charge in [-0.1, -0.05) is 0 Å². The predicted molar refractivity (Wildman–Crippen MR) is 64.7 cm³/mol. The van der Waals surface area contributed by atoms with E-state index < -0.39 is 0 Å². The Labute approximate surface area is 96.6 Å². The first kappa shape index (κ1) is 11.4. The van der Waals surface area contributed by atoms with Crippen LogP contribution in [0.3, 0.4) is 0 Å².